The van der Waals surface area contributed by atoms with Crippen molar-refractivity contribution in [3.05, 3.63) is 65.3 Å². The van der Waals surface area contributed by atoms with E-state index in [1.165, 1.54) is 16.8 Å². The van der Waals surface area contributed by atoms with Crippen molar-refractivity contribution >= 4 is 17.2 Å². The molecule has 25 heavy (non-hydrogen) atoms. The fourth-order valence-corrected chi connectivity index (χ4v) is 4.12. The molecule has 4 nitrogen and oxygen atoms in total. The van der Waals surface area contributed by atoms with E-state index >= 15 is 0 Å². The van der Waals surface area contributed by atoms with Crippen LogP contribution in [0.2, 0.25) is 0 Å². The van der Waals surface area contributed by atoms with Crippen molar-refractivity contribution in [2.75, 3.05) is 31.1 Å². The first-order valence-electron chi connectivity index (χ1n) is 8.68. The average molecular weight is 350 g/mol. The van der Waals surface area contributed by atoms with Crippen LogP contribution < -0.4 is 4.90 Å². The highest BCUT2D eigenvalue weighted by atomic mass is 32.1. The molecule has 0 amide bonds. The summed E-state index contributed by atoms with van der Waals surface area (Å²) in [6.07, 6.45) is 1.87. The van der Waals surface area contributed by atoms with Crippen LogP contribution in [0.3, 0.4) is 0 Å². The number of rotatable bonds is 4. The zero-order chi connectivity index (χ0) is 17.1. The maximum atomic E-state index is 4.86. The predicted octanol–water partition coefficient (Wildman–Crippen LogP) is 3.84. The zero-order valence-corrected chi connectivity index (χ0v) is 15.2. The van der Waals surface area contributed by atoms with Gasteiger partial charge in [0.1, 0.15) is 10.8 Å². The molecule has 3 heterocycles. The largest absolute Gasteiger partial charge is 0.354 e. The van der Waals surface area contributed by atoms with Gasteiger partial charge in [-0.15, -0.1) is 11.3 Å². The Morgan fingerprint density at radius 2 is 1.80 bits per heavy atom. The lowest BCUT2D eigenvalue weighted by Crippen LogP contribution is -2.46. The van der Waals surface area contributed by atoms with Crippen molar-refractivity contribution in [2.45, 2.75) is 13.5 Å². The van der Waals surface area contributed by atoms with Gasteiger partial charge in [0.25, 0.3) is 0 Å². The van der Waals surface area contributed by atoms with Crippen molar-refractivity contribution in [3.63, 3.8) is 0 Å². The van der Waals surface area contributed by atoms with E-state index in [1.807, 2.05) is 12.3 Å². The minimum Gasteiger partial charge on any atom is -0.354 e. The second kappa shape index (κ2) is 7.33. The van der Waals surface area contributed by atoms with Gasteiger partial charge in [0, 0.05) is 49.9 Å². The molecule has 1 aromatic carbocycles. The van der Waals surface area contributed by atoms with Gasteiger partial charge in [-0.05, 0) is 24.6 Å². The van der Waals surface area contributed by atoms with Crippen LogP contribution >= 0.6 is 11.3 Å². The number of benzene rings is 1. The Bertz CT molecular complexity index is 822. The molecule has 2 aromatic heterocycles. The summed E-state index contributed by atoms with van der Waals surface area (Å²) in [4.78, 5) is 14.2. The van der Waals surface area contributed by atoms with Crippen molar-refractivity contribution in [1.82, 2.24) is 14.9 Å². The van der Waals surface area contributed by atoms with Crippen LogP contribution in [0.15, 0.2) is 54.0 Å². The Kier molecular flexibility index (Phi) is 4.76. The van der Waals surface area contributed by atoms with Gasteiger partial charge in [0.2, 0.25) is 0 Å². The fraction of sp³-hybridized carbons (Fsp3) is 0.300. The summed E-state index contributed by atoms with van der Waals surface area (Å²) in [6, 6.07) is 14.6. The molecule has 0 spiro atoms. The van der Waals surface area contributed by atoms with Crippen LogP contribution in [-0.2, 0) is 6.54 Å². The third kappa shape index (κ3) is 3.72. The molecular formula is C20H22N4S. The first-order chi connectivity index (χ1) is 12.3. The van der Waals surface area contributed by atoms with Crippen LogP contribution in [0, 0.1) is 6.92 Å². The predicted molar refractivity (Wildman–Crippen MR) is 104 cm³/mol. The number of nitrogens with zero attached hydrogens (tertiary/aromatic N) is 4. The molecule has 0 bridgehead atoms. The summed E-state index contributed by atoms with van der Waals surface area (Å²) in [5.41, 5.74) is 3.71. The molecule has 1 aliphatic rings. The number of aryl methyl sites for hydroxylation is 1. The Morgan fingerprint density at radius 3 is 2.56 bits per heavy atom. The second-order valence-corrected chi connectivity index (χ2v) is 7.27. The van der Waals surface area contributed by atoms with Gasteiger partial charge in [0.15, 0.2) is 0 Å². The molecule has 1 fully saturated rings. The Labute approximate surface area is 152 Å². The molecule has 1 saturated heterocycles. The van der Waals surface area contributed by atoms with Crippen LogP contribution in [0.1, 0.15) is 11.3 Å². The highest BCUT2D eigenvalue weighted by Gasteiger charge is 2.19. The molecule has 3 aromatic rings. The van der Waals surface area contributed by atoms with Crippen molar-refractivity contribution in [2.24, 2.45) is 0 Å². The molecule has 1 aliphatic heterocycles. The SMILES string of the molecule is Cc1ccccc1-c1nc(CN2CCN(c3ccccn3)CC2)cs1. The number of hydrogen-bond donors (Lipinski definition) is 0. The third-order valence-corrected chi connectivity index (χ3v) is 5.58. The van der Waals surface area contributed by atoms with Gasteiger partial charge in [-0.25, -0.2) is 9.97 Å². The van der Waals surface area contributed by atoms with Crippen molar-refractivity contribution in [3.8, 4) is 10.6 Å². The quantitative estimate of drug-likeness (QED) is 0.716. The van der Waals surface area contributed by atoms with Gasteiger partial charge in [-0.1, -0.05) is 30.3 Å². The summed E-state index contributed by atoms with van der Waals surface area (Å²) in [7, 11) is 0. The minimum absolute atomic E-state index is 0.929. The van der Waals surface area contributed by atoms with Gasteiger partial charge < -0.3 is 4.90 Å². The highest BCUT2D eigenvalue weighted by Crippen LogP contribution is 2.27. The summed E-state index contributed by atoms with van der Waals surface area (Å²) in [5.74, 6) is 1.08. The number of anilines is 1. The van der Waals surface area contributed by atoms with Crippen molar-refractivity contribution in [1.29, 1.82) is 0 Å². The Balaban J connectivity index is 1.37. The smallest absolute Gasteiger partial charge is 0.128 e. The van der Waals surface area contributed by atoms with Gasteiger partial charge in [-0.2, -0.15) is 0 Å². The van der Waals surface area contributed by atoms with Gasteiger partial charge in [-0.3, -0.25) is 4.90 Å². The Morgan fingerprint density at radius 1 is 1.00 bits per heavy atom. The minimum atomic E-state index is 0.929. The lowest BCUT2D eigenvalue weighted by Gasteiger charge is -2.35. The molecular weight excluding hydrogens is 328 g/mol. The number of pyridine rings is 1. The summed E-state index contributed by atoms with van der Waals surface area (Å²) in [6.45, 7) is 7.21. The van der Waals surface area contributed by atoms with E-state index in [-0.39, 0.29) is 0 Å². The van der Waals surface area contributed by atoms with E-state index in [4.69, 9.17) is 4.98 Å². The second-order valence-electron chi connectivity index (χ2n) is 6.41. The summed E-state index contributed by atoms with van der Waals surface area (Å²) in [5, 5.41) is 3.33. The standard InChI is InChI=1S/C20H22N4S/c1-16-6-2-3-7-18(16)20-22-17(15-25-20)14-23-10-12-24(13-11-23)19-8-4-5-9-21-19/h2-9,15H,10-14H2,1H3. The molecule has 128 valence electrons. The molecule has 0 radical (unpaired) electrons. The van der Waals surface area contributed by atoms with E-state index in [2.05, 4.69) is 63.5 Å². The fourth-order valence-electron chi connectivity index (χ4n) is 3.22. The maximum absolute atomic E-state index is 4.86. The first-order valence-corrected chi connectivity index (χ1v) is 9.56. The zero-order valence-electron chi connectivity index (χ0n) is 14.4. The topological polar surface area (TPSA) is 32.3 Å². The normalized spacial score (nSPS) is 15.5. The van der Waals surface area contributed by atoms with E-state index in [0.29, 0.717) is 0 Å². The molecule has 4 rings (SSSR count). The lowest BCUT2D eigenvalue weighted by molar-refractivity contribution is 0.247. The number of piperazine rings is 1. The van der Waals surface area contributed by atoms with E-state index in [1.54, 1.807) is 11.3 Å². The number of hydrogen-bond acceptors (Lipinski definition) is 5. The molecule has 5 heteroatoms. The maximum Gasteiger partial charge on any atom is 0.128 e. The average Bonchev–Trinajstić information content (AvgIpc) is 3.12. The van der Waals surface area contributed by atoms with Crippen molar-refractivity contribution < 1.29 is 0 Å². The number of thiazole rings is 1. The van der Waals surface area contributed by atoms with Crippen LogP contribution in [0.25, 0.3) is 10.6 Å². The summed E-state index contributed by atoms with van der Waals surface area (Å²) >= 11 is 1.74. The van der Waals surface area contributed by atoms with Crippen LogP contribution in [-0.4, -0.2) is 41.0 Å². The van der Waals surface area contributed by atoms with E-state index < -0.39 is 0 Å². The highest BCUT2D eigenvalue weighted by molar-refractivity contribution is 7.13. The molecule has 0 aliphatic carbocycles. The molecule has 0 atom stereocenters. The lowest BCUT2D eigenvalue weighted by atomic mass is 10.1. The first kappa shape index (κ1) is 16.2. The third-order valence-electron chi connectivity index (χ3n) is 4.66. The van der Waals surface area contributed by atoms with E-state index in [0.717, 1.165) is 43.5 Å². The van der Waals surface area contributed by atoms with Gasteiger partial charge in [0.05, 0.1) is 5.69 Å². The van der Waals surface area contributed by atoms with Gasteiger partial charge >= 0.3 is 0 Å². The van der Waals surface area contributed by atoms with Crippen LogP contribution in [0.4, 0.5) is 5.82 Å². The summed E-state index contributed by atoms with van der Waals surface area (Å²) < 4.78 is 0. The monoisotopic (exact) mass is 350 g/mol. The van der Waals surface area contributed by atoms with Crippen LogP contribution in [0.5, 0.6) is 0 Å². The Hall–Kier alpha value is -2.24. The molecule has 0 N–H and O–H groups in total. The van der Waals surface area contributed by atoms with E-state index in [9.17, 15) is 0 Å². The molecule has 0 saturated carbocycles. The molecule has 0 unspecified atom stereocenters. The number of aromatic nitrogens is 2.